The van der Waals surface area contributed by atoms with E-state index in [1.165, 1.54) is 6.07 Å². The summed E-state index contributed by atoms with van der Waals surface area (Å²) in [6, 6.07) is 12.3. The molecule has 0 atom stereocenters. The van der Waals surface area contributed by atoms with Crippen molar-refractivity contribution in [2.45, 2.75) is 45.6 Å². The predicted octanol–water partition coefficient (Wildman–Crippen LogP) is 4.72. The molecule has 0 unspecified atom stereocenters. The number of carbonyl (C=O) groups excluding carboxylic acids is 1. The van der Waals surface area contributed by atoms with Crippen molar-refractivity contribution in [3.63, 3.8) is 0 Å². The lowest BCUT2D eigenvalue weighted by Gasteiger charge is -2.20. The summed E-state index contributed by atoms with van der Waals surface area (Å²) in [5, 5.41) is 9.01. The molecule has 2 aromatic carbocycles. The zero-order valence-electron chi connectivity index (χ0n) is 17.9. The lowest BCUT2D eigenvalue weighted by atomic mass is 10.1. The minimum absolute atomic E-state index is 0. The quantitative estimate of drug-likeness (QED) is 0.288. The van der Waals surface area contributed by atoms with Crippen molar-refractivity contribution < 1.29 is 18.0 Å². The Hall–Kier alpha value is -2.30. The van der Waals surface area contributed by atoms with Gasteiger partial charge in [-0.15, -0.1) is 24.0 Å². The molecule has 0 spiro atoms. The normalized spacial score (nSPS) is 12.0. The molecule has 0 aliphatic rings. The summed E-state index contributed by atoms with van der Waals surface area (Å²) in [5.74, 6) is 0.286. The number of halogens is 4. The second-order valence-electron chi connectivity index (χ2n) is 7.88. The number of alkyl halides is 3. The van der Waals surface area contributed by atoms with Crippen molar-refractivity contribution in [2.75, 3.05) is 7.05 Å². The van der Waals surface area contributed by atoms with Gasteiger partial charge in [0.1, 0.15) is 0 Å². The third-order valence-corrected chi connectivity index (χ3v) is 4.08. The van der Waals surface area contributed by atoms with Crippen molar-refractivity contribution in [3.8, 4) is 0 Å². The third kappa shape index (κ3) is 9.16. The Balaban J connectivity index is 0.00000480. The van der Waals surface area contributed by atoms with Crippen molar-refractivity contribution in [2.24, 2.45) is 4.99 Å². The number of amides is 1. The summed E-state index contributed by atoms with van der Waals surface area (Å²) in [7, 11) is 1.58. The summed E-state index contributed by atoms with van der Waals surface area (Å²) >= 11 is 0. The molecular weight excluding hydrogens is 520 g/mol. The van der Waals surface area contributed by atoms with Gasteiger partial charge in [-0.1, -0.05) is 24.3 Å². The average Bonchev–Trinajstić information content (AvgIpc) is 2.66. The molecule has 31 heavy (non-hydrogen) atoms. The molecule has 0 heterocycles. The lowest BCUT2D eigenvalue weighted by Crippen LogP contribution is -2.40. The van der Waals surface area contributed by atoms with Crippen molar-refractivity contribution in [1.29, 1.82) is 0 Å². The van der Waals surface area contributed by atoms with Gasteiger partial charge in [-0.05, 0) is 56.2 Å². The number of hydrogen-bond donors (Lipinski definition) is 3. The Labute approximate surface area is 197 Å². The Bertz CT molecular complexity index is 908. The highest BCUT2D eigenvalue weighted by Crippen LogP contribution is 2.29. The van der Waals surface area contributed by atoms with Crippen LogP contribution in [0.15, 0.2) is 53.5 Å². The van der Waals surface area contributed by atoms with Gasteiger partial charge in [0.2, 0.25) is 0 Å². The fraction of sp³-hybridized carbons (Fsp3) is 0.364. The number of hydrogen-bond acceptors (Lipinski definition) is 2. The van der Waals surface area contributed by atoms with E-state index in [0.29, 0.717) is 23.6 Å². The van der Waals surface area contributed by atoms with Crippen LogP contribution in [-0.4, -0.2) is 24.5 Å². The molecule has 1 amide bonds. The van der Waals surface area contributed by atoms with Gasteiger partial charge in [0, 0.05) is 31.2 Å². The number of aliphatic imine (C=N–C) groups is 1. The highest BCUT2D eigenvalue weighted by Gasteiger charge is 2.30. The summed E-state index contributed by atoms with van der Waals surface area (Å²) in [5.41, 5.74) is 0.902. The standard InChI is InChI=1S/C22H27F3N4O.HI/c1-21(2,3)29-19(30)17-9-5-7-15(11-17)13-27-20(26-4)28-14-16-8-6-10-18(12-16)22(23,24)25;/h5-12H,13-14H2,1-4H3,(H,29,30)(H2,26,27,28);1H. The van der Waals surface area contributed by atoms with E-state index in [2.05, 4.69) is 20.9 Å². The molecule has 2 aromatic rings. The molecule has 0 aliphatic heterocycles. The van der Waals surface area contributed by atoms with Gasteiger partial charge in [-0.3, -0.25) is 9.79 Å². The summed E-state index contributed by atoms with van der Waals surface area (Å²) in [6.45, 7) is 6.33. The number of guanidine groups is 1. The second kappa shape index (κ2) is 11.4. The van der Waals surface area contributed by atoms with E-state index < -0.39 is 11.7 Å². The van der Waals surface area contributed by atoms with Crippen molar-refractivity contribution in [3.05, 3.63) is 70.8 Å². The molecule has 5 nitrogen and oxygen atoms in total. The maximum Gasteiger partial charge on any atom is 0.416 e. The highest BCUT2D eigenvalue weighted by molar-refractivity contribution is 14.0. The van der Waals surface area contributed by atoms with Crippen LogP contribution >= 0.6 is 24.0 Å². The minimum Gasteiger partial charge on any atom is -0.352 e. The number of carbonyl (C=O) groups is 1. The van der Waals surface area contributed by atoms with Crippen LogP contribution in [0.5, 0.6) is 0 Å². The van der Waals surface area contributed by atoms with Gasteiger partial charge in [-0.2, -0.15) is 13.2 Å². The number of nitrogens with zero attached hydrogens (tertiary/aromatic N) is 1. The first kappa shape index (κ1) is 26.7. The number of benzene rings is 2. The molecule has 3 N–H and O–H groups in total. The van der Waals surface area contributed by atoms with Crippen LogP contribution in [-0.2, 0) is 19.3 Å². The molecule has 0 saturated heterocycles. The van der Waals surface area contributed by atoms with Crippen LogP contribution in [0, 0.1) is 0 Å². The molecular formula is C22H28F3IN4O. The van der Waals surface area contributed by atoms with Crippen molar-refractivity contribution in [1.82, 2.24) is 16.0 Å². The molecule has 0 aliphatic carbocycles. The van der Waals surface area contributed by atoms with Gasteiger partial charge in [0.05, 0.1) is 5.56 Å². The van der Waals surface area contributed by atoms with Crippen molar-refractivity contribution >= 4 is 35.8 Å². The van der Waals surface area contributed by atoms with E-state index in [9.17, 15) is 18.0 Å². The molecule has 2 rings (SSSR count). The summed E-state index contributed by atoms with van der Waals surface area (Å²) in [4.78, 5) is 16.4. The first-order valence-electron chi connectivity index (χ1n) is 9.50. The zero-order chi connectivity index (χ0) is 22.4. The maximum absolute atomic E-state index is 12.8. The SMILES string of the molecule is CN=C(NCc1cccc(C(=O)NC(C)(C)C)c1)NCc1cccc(C(F)(F)F)c1.I. The number of nitrogens with one attached hydrogen (secondary N) is 3. The molecule has 170 valence electrons. The minimum atomic E-state index is -4.37. The van der Waals surface area contributed by atoms with Crippen LogP contribution in [0.25, 0.3) is 0 Å². The first-order valence-corrected chi connectivity index (χ1v) is 9.50. The van der Waals surface area contributed by atoms with Crippen LogP contribution in [0.2, 0.25) is 0 Å². The van der Waals surface area contributed by atoms with E-state index in [-0.39, 0.29) is 42.0 Å². The highest BCUT2D eigenvalue weighted by atomic mass is 127. The van der Waals surface area contributed by atoms with Gasteiger partial charge >= 0.3 is 6.18 Å². The molecule has 0 aromatic heterocycles. The van der Waals surface area contributed by atoms with Gasteiger partial charge in [-0.25, -0.2) is 0 Å². The third-order valence-electron chi connectivity index (χ3n) is 4.08. The first-order chi connectivity index (χ1) is 14.0. The Morgan fingerprint density at radius 2 is 1.48 bits per heavy atom. The van der Waals surface area contributed by atoms with Crippen LogP contribution in [0.3, 0.4) is 0 Å². The molecule has 0 saturated carbocycles. The van der Waals surface area contributed by atoms with E-state index >= 15 is 0 Å². The smallest absolute Gasteiger partial charge is 0.352 e. The average molecular weight is 548 g/mol. The monoisotopic (exact) mass is 548 g/mol. The fourth-order valence-corrected chi connectivity index (χ4v) is 2.69. The van der Waals surface area contributed by atoms with E-state index in [4.69, 9.17) is 0 Å². The van der Waals surface area contributed by atoms with E-state index in [1.807, 2.05) is 26.8 Å². The summed E-state index contributed by atoms with van der Waals surface area (Å²) < 4.78 is 38.5. The van der Waals surface area contributed by atoms with Gasteiger partial charge in [0.25, 0.3) is 5.91 Å². The Morgan fingerprint density at radius 3 is 2.00 bits per heavy atom. The fourth-order valence-electron chi connectivity index (χ4n) is 2.69. The molecule has 0 radical (unpaired) electrons. The lowest BCUT2D eigenvalue weighted by molar-refractivity contribution is -0.137. The van der Waals surface area contributed by atoms with E-state index in [1.54, 1.807) is 31.3 Å². The van der Waals surface area contributed by atoms with Crippen LogP contribution in [0.4, 0.5) is 13.2 Å². The van der Waals surface area contributed by atoms with Gasteiger partial charge < -0.3 is 16.0 Å². The topological polar surface area (TPSA) is 65.5 Å². The largest absolute Gasteiger partial charge is 0.416 e. The van der Waals surface area contributed by atoms with E-state index in [0.717, 1.165) is 17.7 Å². The molecule has 0 bridgehead atoms. The second-order valence-corrected chi connectivity index (χ2v) is 7.88. The zero-order valence-corrected chi connectivity index (χ0v) is 20.3. The van der Waals surface area contributed by atoms with Crippen LogP contribution < -0.4 is 16.0 Å². The molecule has 0 fully saturated rings. The van der Waals surface area contributed by atoms with Gasteiger partial charge in [0.15, 0.2) is 5.96 Å². The molecule has 9 heteroatoms. The predicted molar refractivity (Wildman–Crippen MR) is 128 cm³/mol. The Kier molecular flexibility index (Phi) is 9.79. The summed E-state index contributed by atoms with van der Waals surface area (Å²) in [6.07, 6.45) is -4.37. The Morgan fingerprint density at radius 1 is 0.935 bits per heavy atom. The number of rotatable bonds is 5. The maximum atomic E-state index is 12.8. The van der Waals surface area contributed by atoms with Crippen LogP contribution in [0.1, 0.15) is 47.8 Å².